The molecule has 7 heteroatoms. The zero-order chi connectivity index (χ0) is 21.6. The Morgan fingerprint density at radius 2 is 1.77 bits per heavy atom. The Kier molecular flexibility index (Phi) is 6.95. The molecule has 30 heavy (non-hydrogen) atoms. The van der Waals surface area contributed by atoms with Gasteiger partial charge in [-0.05, 0) is 34.9 Å². The standard InChI is InChI=1S/C23H26N2O4S/c1-29-21-12-6-11-20(16-21)25(30(2,27)28)15-7-14-23(26)24-17-19-10-5-9-18-8-3-4-13-22(18)19/h3-6,8-13,16H,7,14-15,17H2,1-2H3,(H,24,26). The van der Waals surface area contributed by atoms with Crippen molar-refractivity contribution in [1.82, 2.24) is 5.32 Å². The molecule has 0 aliphatic carbocycles. The summed E-state index contributed by atoms with van der Waals surface area (Å²) in [6.45, 7) is 0.652. The lowest BCUT2D eigenvalue weighted by Crippen LogP contribution is -2.32. The number of rotatable bonds is 9. The third-order valence-corrected chi connectivity index (χ3v) is 6.06. The van der Waals surface area contributed by atoms with Gasteiger partial charge in [0.25, 0.3) is 0 Å². The van der Waals surface area contributed by atoms with Crippen LogP contribution in [0.4, 0.5) is 5.69 Å². The minimum Gasteiger partial charge on any atom is -0.497 e. The van der Waals surface area contributed by atoms with Crippen LogP contribution in [0.25, 0.3) is 10.8 Å². The molecule has 0 spiro atoms. The first-order valence-electron chi connectivity index (χ1n) is 9.73. The second-order valence-corrected chi connectivity index (χ2v) is 8.96. The highest BCUT2D eigenvalue weighted by molar-refractivity contribution is 7.92. The summed E-state index contributed by atoms with van der Waals surface area (Å²) >= 11 is 0. The maximum Gasteiger partial charge on any atom is 0.232 e. The molecule has 0 aromatic heterocycles. The van der Waals surface area contributed by atoms with Crippen LogP contribution in [-0.2, 0) is 21.4 Å². The molecule has 0 saturated carbocycles. The highest BCUT2D eigenvalue weighted by Crippen LogP contribution is 2.23. The maximum atomic E-state index is 12.3. The second kappa shape index (κ2) is 9.63. The van der Waals surface area contributed by atoms with Gasteiger partial charge in [-0.1, -0.05) is 48.5 Å². The monoisotopic (exact) mass is 426 g/mol. The Hall–Kier alpha value is -3.06. The van der Waals surface area contributed by atoms with Gasteiger partial charge in [-0.15, -0.1) is 0 Å². The van der Waals surface area contributed by atoms with Crippen molar-refractivity contribution in [3.8, 4) is 5.75 Å². The highest BCUT2D eigenvalue weighted by Gasteiger charge is 2.18. The number of nitrogens with one attached hydrogen (secondary N) is 1. The fourth-order valence-corrected chi connectivity index (χ4v) is 4.32. The molecule has 6 nitrogen and oxygen atoms in total. The summed E-state index contributed by atoms with van der Waals surface area (Å²) in [4.78, 5) is 12.3. The fraction of sp³-hybridized carbons (Fsp3) is 0.261. The van der Waals surface area contributed by atoms with Gasteiger partial charge in [-0.25, -0.2) is 8.42 Å². The molecular formula is C23H26N2O4S. The number of fused-ring (bicyclic) bond motifs is 1. The molecule has 0 aliphatic heterocycles. The van der Waals surface area contributed by atoms with Crippen molar-refractivity contribution in [3.05, 3.63) is 72.3 Å². The minimum atomic E-state index is -3.47. The van der Waals surface area contributed by atoms with Crippen molar-refractivity contribution < 1.29 is 17.9 Å². The summed E-state index contributed by atoms with van der Waals surface area (Å²) in [5.41, 5.74) is 1.57. The maximum absolute atomic E-state index is 12.3. The topological polar surface area (TPSA) is 75.7 Å². The quantitative estimate of drug-likeness (QED) is 0.566. The van der Waals surface area contributed by atoms with E-state index >= 15 is 0 Å². The van der Waals surface area contributed by atoms with E-state index in [9.17, 15) is 13.2 Å². The van der Waals surface area contributed by atoms with Crippen molar-refractivity contribution in [1.29, 1.82) is 0 Å². The van der Waals surface area contributed by atoms with Gasteiger partial charge in [0.1, 0.15) is 5.75 Å². The van der Waals surface area contributed by atoms with Crippen molar-refractivity contribution in [2.45, 2.75) is 19.4 Å². The predicted molar refractivity (Wildman–Crippen MR) is 120 cm³/mol. The molecule has 0 fully saturated rings. The number of carbonyl (C=O) groups is 1. The van der Waals surface area contributed by atoms with Crippen LogP contribution in [0.1, 0.15) is 18.4 Å². The van der Waals surface area contributed by atoms with E-state index in [-0.39, 0.29) is 18.9 Å². The molecular weight excluding hydrogens is 400 g/mol. The highest BCUT2D eigenvalue weighted by atomic mass is 32.2. The van der Waals surface area contributed by atoms with Crippen molar-refractivity contribution in [3.63, 3.8) is 0 Å². The van der Waals surface area contributed by atoms with Crippen LogP contribution in [0.2, 0.25) is 0 Å². The Balaban J connectivity index is 1.58. The van der Waals surface area contributed by atoms with Crippen LogP contribution in [-0.4, -0.2) is 34.2 Å². The van der Waals surface area contributed by atoms with E-state index in [1.807, 2.05) is 42.5 Å². The van der Waals surface area contributed by atoms with Gasteiger partial charge in [0.15, 0.2) is 0 Å². The summed E-state index contributed by atoms with van der Waals surface area (Å²) < 4.78 is 30.9. The summed E-state index contributed by atoms with van der Waals surface area (Å²) in [5, 5.41) is 5.18. The lowest BCUT2D eigenvalue weighted by molar-refractivity contribution is -0.121. The number of benzene rings is 3. The third-order valence-electron chi connectivity index (χ3n) is 4.86. The van der Waals surface area contributed by atoms with Crippen LogP contribution in [0.15, 0.2) is 66.7 Å². The second-order valence-electron chi connectivity index (χ2n) is 7.06. The van der Waals surface area contributed by atoms with Crippen LogP contribution in [0.3, 0.4) is 0 Å². The van der Waals surface area contributed by atoms with E-state index < -0.39 is 10.0 Å². The molecule has 3 aromatic rings. The molecule has 0 heterocycles. The number of hydrogen-bond donors (Lipinski definition) is 1. The van der Waals surface area contributed by atoms with Crippen LogP contribution >= 0.6 is 0 Å². The van der Waals surface area contributed by atoms with Crippen molar-refractivity contribution in [2.24, 2.45) is 0 Å². The molecule has 3 aromatic carbocycles. The summed E-state index contributed by atoms with van der Waals surface area (Å²) in [6, 6.07) is 20.9. The van der Waals surface area contributed by atoms with E-state index in [0.717, 1.165) is 22.6 Å². The summed E-state index contributed by atoms with van der Waals surface area (Å²) in [7, 11) is -1.94. The first-order valence-corrected chi connectivity index (χ1v) is 11.6. The number of hydrogen-bond acceptors (Lipinski definition) is 4. The first kappa shape index (κ1) is 21.6. The number of methoxy groups -OCH3 is 1. The van der Waals surface area contributed by atoms with Crippen LogP contribution in [0.5, 0.6) is 5.75 Å². The van der Waals surface area contributed by atoms with Gasteiger partial charge < -0.3 is 10.1 Å². The zero-order valence-electron chi connectivity index (χ0n) is 17.2. The molecule has 158 valence electrons. The molecule has 1 N–H and O–H groups in total. The Morgan fingerprint density at radius 3 is 2.53 bits per heavy atom. The molecule has 0 atom stereocenters. The molecule has 0 aliphatic rings. The number of amides is 1. The Morgan fingerprint density at radius 1 is 1.03 bits per heavy atom. The van der Waals surface area contributed by atoms with Gasteiger partial charge in [-0.3, -0.25) is 9.10 Å². The number of sulfonamides is 1. The SMILES string of the molecule is COc1cccc(N(CCCC(=O)NCc2cccc3ccccc23)S(C)(=O)=O)c1. The average Bonchev–Trinajstić information content (AvgIpc) is 2.74. The smallest absolute Gasteiger partial charge is 0.232 e. The van der Waals surface area contributed by atoms with E-state index in [4.69, 9.17) is 4.74 Å². The molecule has 0 saturated heterocycles. The van der Waals surface area contributed by atoms with Gasteiger partial charge in [-0.2, -0.15) is 0 Å². The largest absolute Gasteiger partial charge is 0.497 e. The number of carbonyl (C=O) groups excluding carboxylic acids is 1. The molecule has 0 radical (unpaired) electrons. The molecule has 0 bridgehead atoms. The number of ether oxygens (including phenoxy) is 1. The van der Waals surface area contributed by atoms with Crippen LogP contribution in [0, 0.1) is 0 Å². The summed E-state index contributed by atoms with van der Waals surface area (Å²) in [5.74, 6) is 0.469. The lowest BCUT2D eigenvalue weighted by atomic mass is 10.0. The minimum absolute atomic E-state index is 0.109. The average molecular weight is 427 g/mol. The zero-order valence-corrected chi connectivity index (χ0v) is 18.0. The van der Waals surface area contributed by atoms with Crippen molar-refractivity contribution >= 4 is 32.4 Å². The summed E-state index contributed by atoms with van der Waals surface area (Å²) in [6.07, 6.45) is 1.81. The molecule has 0 unspecified atom stereocenters. The van der Waals surface area contributed by atoms with E-state index in [2.05, 4.69) is 5.32 Å². The van der Waals surface area contributed by atoms with Gasteiger partial charge in [0.2, 0.25) is 15.9 Å². The number of anilines is 1. The van der Waals surface area contributed by atoms with Crippen LogP contribution < -0.4 is 14.4 Å². The van der Waals surface area contributed by atoms with Gasteiger partial charge in [0, 0.05) is 25.6 Å². The number of nitrogens with zero attached hydrogens (tertiary/aromatic N) is 1. The van der Waals surface area contributed by atoms with Crippen molar-refractivity contribution in [2.75, 3.05) is 24.2 Å². The first-order chi connectivity index (χ1) is 14.4. The van der Waals surface area contributed by atoms with E-state index in [1.54, 1.807) is 24.3 Å². The van der Waals surface area contributed by atoms with Gasteiger partial charge in [0.05, 0.1) is 19.1 Å². The molecule has 3 rings (SSSR count). The normalized spacial score (nSPS) is 11.3. The third kappa shape index (κ3) is 5.51. The van der Waals surface area contributed by atoms with Gasteiger partial charge >= 0.3 is 0 Å². The lowest BCUT2D eigenvalue weighted by Gasteiger charge is -2.22. The fourth-order valence-electron chi connectivity index (χ4n) is 3.36. The Bertz CT molecular complexity index is 1120. The predicted octanol–water partition coefficient (Wildman–Crippen LogP) is 3.71. The van der Waals surface area contributed by atoms with E-state index in [0.29, 0.717) is 24.4 Å². The Labute approximate surface area is 177 Å². The van der Waals surface area contributed by atoms with E-state index in [1.165, 1.54) is 11.4 Å². The molecule has 1 amide bonds.